The Labute approximate surface area is 118 Å². The average molecular weight is 279 g/mol. The van der Waals surface area contributed by atoms with Gasteiger partial charge in [0.05, 0.1) is 22.5 Å². The Bertz CT molecular complexity index is 536. The predicted molar refractivity (Wildman–Crippen MR) is 77.9 cm³/mol. The van der Waals surface area contributed by atoms with Crippen molar-refractivity contribution in [3.8, 4) is 0 Å². The Hall–Kier alpha value is -1.36. The van der Waals surface area contributed by atoms with Crippen molar-refractivity contribution in [2.45, 2.75) is 32.9 Å². The molecule has 0 saturated heterocycles. The normalized spacial score (nSPS) is 12.6. The first-order chi connectivity index (χ1) is 9.17. The highest BCUT2D eigenvalue weighted by Gasteiger charge is 2.18. The summed E-state index contributed by atoms with van der Waals surface area (Å²) >= 11 is 6.33. The minimum atomic E-state index is 0.0279. The molecule has 1 atom stereocenters. The standard InChI is InChI=1S/C14H19ClN4/c1-3-19-13(14(15)10(2)18-19)9-12(17-16)11-7-5-4-6-8-11/h4-8,12,17H,3,9,16H2,1-2H3. The van der Waals surface area contributed by atoms with Gasteiger partial charge in [-0.1, -0.05) is 41.9 Å². The molecule has 0 spiro atoms. The number of aromatic nitrogens is 2. The fraction of sp³-hybridized carbons (Fsp3) is 0.357. The van der Waals surface area contributed by atoms with E-state index >= 15 is 0 Å². The van der Waals surface area contributed by atoms with Crippen LogP contribution in [0.1, 0.15) is 29.9 Å². The van der Waals surface area contributed by atoms with Gasteiger partial charge in [-0.2, -0.15) is 5.10 Å². The maximum Gasteiger partial charge on any atom is 0.0847 e. The predicted octanol–water partition coefficient (Wildman–Crippen LogP) is 2.61. The van der Waals surface area contributed by atoms with Gasteiger partial charge in [-0.05, 0) is 19.4 Å². The zero-order valence-corrected chi connectivity index (χ0v) is 12.0. The number of benzene rings is 1. The van der Waals surface area contributed by atoms with Crippen molar-refractivity contribution in [3.63, 3.8) is 0 Å². The fourth-order valence-corrected chi connectivity index (χ4v) is 2.43. The topological polar surface area (TPSA) is 55.9 Å². The second kappa shape index (κ2) is 6.19. The van der Waals surface area contributed by atoms with E-state index in [1.807, 2.05) is 29.8 Å². The molecule has 0 bridgehead atoms. The summed E-state index contributed by atoms with van der Waals surface area (Å²) < 4.78 is 1.94. The average Bonchev–Trinajstić information content (AvgIpc) is 2.72. The molecule has 3 N–H and O–H groups in total. The molecule has 1 aromatic heterocycles. The summed E-state index contributed by atoms with van der Waals surface area (Å²) in [6.07, 6.45) is 0.716. The Balaban J connectivity index is 2.29. The number of halogens is 1. The lowest BCUT2D eigenvalue weighted by Gasteiger charge is -2.17. The lowest BCUT2D eigenvalue weighted by Crippen LogP contribution is -2.30. The van der Waals surface area contributed by atoms with Gasteiger partial charge in [0, 0.05) is 13.0 Å². The number of hydrogen-bond donors (Lipinski definition) is 2. The molecule has 0 fully saturated rings. The van der Waals surface area contributed by atoms with Crippen LogP contribution in [0.2, 0.25) is 5.02 Å². The summed E-state index contributed by atoms with van der Waals surface area (Å²) in [6.45, 7) is 4.78. The minimum absolute atomic E-state index is 0.0279. The van der Waals surface area contributed by atoms with E-state index in [1.54, 1.807) is 0 Å². The summed E-state index contributed by atoms with van der Waals surface area (Å²) in [5.41, 5.74) is 5.88. The fourth-order valence-electron chi connectivity index (χ4n) is 2.22. The van der Waals surface area contributed by atoms with Crippen molar-refractivity contribution in [2.75, 3.05) is 0 Å². The van der Waals surface area contributed by atoms with Gasteiger partial charge in [-0.3, -0.25) is 16.0 Å². The monoisotopic (exact) mass is 278 g/mol. The third kappa shape index (κ3) is 2.97. The summed E-state index contributed by atoms with van der Waals surface area (Å²) in [5.74, 6) is 5.68. The van der Waals surface area contributed by atoms with Gasteiger partial charge in [-0.15, -0.1) is 0 Å². The number of hydrogen-bond acceptors (Lipinski definition) is 3. The van der Waals surface area contributed by atoms with Gasteiger partial charge in [0.25, 0.3) is 0 Å². The van der Waals surface area contributed by atoms with E-state index in [4.69, 9.17) is 17.4 Å². The number of nitrogens with one attached hydrogen (secondary N) is 1. The Morgan fingerprint density at radius 3 is 2.63 bits per heavy atom. The van der Waals surface area contributed by atoms with E-state index in [0.717, 1.165) is 28.5 Å². The van der Waals surface area contributed by atoms with Gasteiger partial charge < -0.3 is 0 Å². The molecular weight excluding hydrogens is 260 g/mol. The minimum Gasteiger partial charge on any atom is -0.271 e. The quantitative estimate of drug-likeness (QED) is 0.653. The lowest BCUT2D eigenvalue weighted by molar-refractivity contribution is 0.517. The maximum absolute atomic E-state index is 6.33. The van der Waals surface area contributed by atoms with Gasteiger partial charge >= 0.3 is 0 Å². The van der Waals surface area contributed by atoms with Crippen LogP contribution in [0.3, 0.4) is 0 Å². The van der Waals surface area contributed by atoms with E-state index in [0.29, 0.717) is 6.42 Å². The van der Waals surface area contributed by atoms with Crippen LogP contribution in [-0.4, -0.2) is 9.78 Å². The van der Waals surface area contributed by atoms with Crippen molar-refractivity contribution in [3.05, 3.63) is 52.3 Å². The molecule has 1 aromatic carbocycles. The summed E-state index contributed by atoms with van der Waals surface area (Å²) in [4.78, 5) is 0. The third-order valence-corrected chi connectivity index (χ3v) is 3.75. The van der Waals surface area contributed by atoms with Crippen LogP contribution in [-0.2, 0) is 13.0 Å². The molecule has 5 heteroatoms. The smallest absolute Gasteiger partial charge is 0.0847 e. The van der Waals surface area contributed by atoms with Crippen LogP contribution in [0, 0.1) is 6.92 Å². The molecule has 1 heterocycles. The van der Waals surface area contributed by atoms with E-state index in [1.165, 1.54) is 0 Å². The Kier molecular flexibility index (Phi) is 4.58. The van der Waals surface area contributed by atoms with Crippen molar-refractivity contribution < 1.29 is 0 Å². The third-order valence-electron chi connectivity index (χ3n) is 3.25. The number of aryl methyl sites for hydroxylation is 2. The van der Waals surface area contributed by atoms with Crippen LogP contribution in [0.15, 0.2) is 30.3 Å². The van der Waals surface area contributed by atoms with Crippen LogP contribution in [0.25, 0.3) is 0 Å². The van der Waals surface area contributed by atoms with Crippen molar-refractivity contribution in [2.24, 2.45) is 5.84 Å². The number of nitrogens with zero attached hydrogens (tertiary/aromatic N) is 2. The highest BCUT2D eigenvalue weighted by atomic mass is 35.5. The zero-order chi connectivity index (χ0) is 13.8. The molecule has 2 aromatic rings. The van der Waals surface area contributed by atoms with Crippen molar-refractivity contribution >= 4 is 11.6 Å². The Morgan fingerprint density at radius 1 is 1.37 bits per heavy atom. The molecule has 2 rings (SSSR count). The highest BCUT2D eigenvalue weighted by Crippen LogP contribution is 2.25. The molecule has 102 valence electrons. The SMILES string of the molecule is CCn1nc(C)c(Cl)c1CC(NN)c1ccccc1. The van der Waals surface area contributed by atoms with Gasteiger partial charge in [-0.25, -0.2) is 0 Å². The maximum atomic E-state index is 6.33. The van der Waals surface area contributed by atoms with E-state index in [2.05, 4.69) is 29.6 Å². The molecule has 19 heavy (non-hydrogen) atoms. The molecule has 4 nitrogen and oxygen atoms in total. The number of hydrazine groups is 1. The second-order valence-electron chi connectivity index (χ2n) is 4.50. The molecule has 0 aliphatic heterocycles. The first-order valence-corrected chi connectivity index (χ1v) is 6.78. The summed E-state index contributed by atoms with van der Waals surface area (Å²) in [6, 6.07) is 10.1. The summed E-state index contributed by atoms with van der Waals surface area (Å²) in [7, 11) is 0. The molecule has 0 aliphatic rings. The molecule has 0 radical (unpaired) electrons. The van der Waals surface area contributed by atoms with Crippen LogP contribution in [0.5, 0.6) is 0 Å². The molecule has 0 amide bonds. The lowest BCUT2D eigenvalue weighted by atomic mass is 10.0. The van der Waals surface area contributed by atoms with E-state index in [-0.39, 0.29) is 6.04 Å². The van der Waals surface area contributed by atoms with Crippen molar-refractivity contribution in [1.29, 1.82) is 0 Å². The zero-order valence-electron chi connectivity index (χ0n) is 11.2. The van der Waals surface area contributed by atoms with E-state index < -0.39 is 0 Å². The molecule has 0 aliphatic carbocycles. The highest BCUT2D eigenvalue weighted by molar-refractivity contribution is 6.31. The van der Waals surface area contributed by atoms with Gasteiger partial charge in [0.1, 0.15) is 0 Å². The number of rotatable bonds is 5. The molecule has 0 saturated carbocycles. The Morgan fingerprint density at radius 2 is 2.05 bits per heavy atom. The largest absolute Gasteiger partial charge is 0.271 e. The second-order valence-corrected chi connectivity index (χ2v) is 4.87. The summed E-state index contributed by atoms with van der Waals surface area (Å²) in [5, 5.41) is 5.16. The van der Waals surface area contributed by atoms with E-state index in [9.17, 15) is 0 Å². The van der Waals surface area contributed by atoms with Crippen LogP contribution < -0.4 is 11.3 Å². The molecule has 1 unspecified atom stereocenters. The van der Waals surface area contributed by atoms with Crippen molar-refractivity contribution in [1.82, 2.24) is 15.2 Å². The van der Waals surface area contributed by atoms with Crippen LogP contribution in [0.4, 0.5) is 0 Å². The van der Waals surface area contributed by atoms with Gasteiger partial charge in [0.15, 0.2) is 0 Å². The molecular formula is C14H19ClN4. The van der Waals surface area contributed by atoms with Gasteiger partial charge in [0.2, 0.25) is 0 Å². The first kappa shape index (κ1) is 14.1. The first-order valence-electron chi connectivity index (χ1n) is 6.40. The van der Waals surface area contributed by atoms with Crippen LogP contribution >= 0.6 is 11.6 Å². The number of nitrogens with two attached hydrogens (primary N) is 1.